The fraction of sp³-hybridized carbons (Fsp3) is 0.136. The summed E-state index contributed by atoms with van der Waals surface area (Å²) < 4.78 is 7.79. The number of carbonyl (C=O) groups excluding carboxylic acids is 1. The van der Waals surface area contributed by atoms with E-state index >= 15 is 0 Å². The number of ether oxygens (including phenoxy) is 1. The molecule has 0 saturated carbocycles. The van der Waals surface area contributed by atoms with Crippen molar-refractivity contribution in [3.63, 3.8) is 0 Å². The van der Waals surface area contributed by atoms with E-state index in [1.165, 1.54) is 12.3 Å². The van der Waals surface area contributed by atoms with Gasteiger partial charge >= 0.3 is 0 Å². The molecule has 1 N–H and O–H groups in total. The van der Waals surface area contributed by atoms with Crippen LogP contribution in [0.1, 0.15) is 6.92 Å². The molecule has 0 aliphatic rings. The van der Waals surface area contributed by atoms with Crippen molar-refractivity contribution < 1.29 is 9.53 Å². The number of aromatic nitrogens is 3. The fourth-order valence-corrected chi connectivity index (χ4v) is 3.73. The number of amides is 1. The summed E-state index contributed by atoms with van der Waals surface area (Å²) in [6.07, 6.45) is 1.67. The molecular weight excluding hydrogens is 384 g/mol. The van der Waals surface area contributed by atoms with Crippen molar-refractivity contribution in [2.75, 3.05) is 17.7 Å². The number of nitrogens with zero attached hydrogens (tertiary/aromatic N) is 3. The Bertz CT molecular complexity index is 1140. The van der Waals surface area contributed by atoms with Gasteiger partial charge in [-0.25, -0.2) is 0 Å². The van der Waals surface area contributed by atoms with E-state index < -0.39 is 0 Å². The lowest BCUT2D eigenvalue weighted by atomic mass is 10.1. The summed E-state index contributed by atoms with van der Waals surface area (Å²) in [5.74, 6) is 1.48. The van der Waals surface area contributed by atoms with E-state index in [0.717, 1.165) is 33.4 Å². The normalized spacial score (nSPS) is 10.8. The summed E-state index contributed by atoms with van der Waals surface area (Å²) in [5, 5.41) is 14.1. The minimum Gasteiger partial charge on any atom is -0.493 e. The van der Waals surface area contributed by atoms with E-state index in [1.807, 2.05) is 47.0 Å². The first-order valence-corrected chi connectivity index (χ1v) is 10.2. The molecule has 4 aromatic rings. The first-order chi connectivity index (χ1) is 14.2. The SMILES string of the molecule is CC(=O)Nc1cccc(-n2cnnc2SCCOc2ccc3ccccc3c2)c1. The van der Waals surface area contributed by atoms with Crippen LogP contribution < -0.4 is 10.1 Å². The summed E-state index contributed by atoms with van der Waals surface area (Å²) >= 11 is 1.57. The molecule has 0 bridgehead atoms. The zero-order valence-corrected chi connectivity index (χ0v) is 16.7. The van der Waals surface area contributed by atoms with Crippen LogP contribution in [0.4, 0.5) is 5.69 Å². The Hall–Kier alpha value is -3.32. The van der Waals surface area contributed by atoms with Crippen molar-refractivity contribution in [2.45, 2.75) is 12.1 Å². The number of fused-ring (bicyclic) bond motifs is 1. The summed E-state index contributed by atoms with van der Waals surface area (Å²) in [5.41, 5.74) is 1.62. The quantitative estimate of drug-likeness (QED) is 0.361. The van der Waals surface area contributed by atoms with Crippen LogP contribution in [0.5, 0.6) is 5.75 Å². The van der Waals surface area contributed by atoms with E-state index in [0.29, 0.717) is 6.61 Å². The van der Waals surface area contributed by atoms with Crippen LogP contribution in [0.25, 0.3) is 16.5 Å². The lowest BCUT2D eigenvalue weighted by molar-refractivity contribution is -0.114. The summed E-state index contributed by atoms with van der Waals surface area (Å²) in [4.78, 5) is 11.3. The smallest absolute Gasteiger partial charge is 0.221 e. The van der Waals surface area contributed by atoms with E-state index in [-0.39, 0.29) is 5.91 Å². The molecule has 0 atom stereocenters. The Morgan fingerprint density at radius 2 is 1.93 bits per heavy atom. The molecule has 0 saturated heterocycles. The Balaban J connectivity index is 1.37. The molecule has 0 spiro atoms. The predicted molar refractivity (Wildman–Crippen MR) is 116 cm³/mol. The van der Waals surface area contributed by atoms with Crippen molar-refractivity contribution in [3.05, 3.63) is 73.1 Å². The van der Waals surface area contributed by atoms with Gasteiger partial charge in [-0.1, -0.05) is 48.2 Å². The van der Waals surface area contributed by atoms with Gasteiger partial charge in [-0.15, -0.1) is 10.2 Å². The van der Waals surface area contributed by atoms with Gasteiger partial charge in [0.05, 0.1) is 12.3 Å². The molecule has 3 aromatic carbocycles. The van der Waals surface area contributed by atoms with Crippen molar-refractivity contribution in [2.24, 2.45) is 0 Å². The van der Waals surface area contributed by atoms with Gasteiger partial charge in [-0.2, -0.15) is 0 Å². The zero-order chi connectivity index (χ0) is 20.1. The van der Waals surface area contributed by atoms with Gasteiger partial charge < -0.3 is 10.1 Å². The molecule has 0 aliphatic carbocycles. The molecule has 0 unspecified atom stereocenters. The molecule has 146 valence electrons. The average Bonchev–Trinajstić information content (AvgIpc) is 3.19. The zero-order valence-electron chi connectivity index (χ0n) is 15.9. The maximum atomic E-state index is 11.3. The molecule has 1 heterocycles. The van der Waals surface area contributed by atoms with E-state index in [9.17, 15) is 4.79 Å². The van der Waals surface area contributed by atoms with Crippen LogP contribution in [0.2, 0.25) is 0 Å². The number of benzene rings is 3. The minimum absolute atomic E-state index is 0.105. The average molecular weight is 404 g/mol. The maximum Gasteiger partial charge on any atom is 0.221 e. The van der Waals surface area contributed by atoms with Crippen LogP contribution in [0.3, 0.4) is 0 Å². The highest BCUT2D eigenvalue weighted by Gasteiger charge is 2.08. The number of nitrogens with one attached hydrogen (secondary N) is 1. The predicted octanol–water partition coefficient (Wildman–Crippen LogP) is 4.55. The Morgan fingerprint density at radius 3 is 2.79 bits per heavy atom. The van der Waals surface area contributed by atoms with Crippen molar-refractivity contribution in [1.29, 1.82) is 0 Å². The number of thioether (sulfide) groups is 1. The standard InChI is InChI=1S/C22H20N4O2S/c1-16(27)24-19-7-4-8-20(14-19)26-15-23-25-22(26)29-12-11-28-21-10-9-17-5-2-3-6-18(17)13-21/h2-10,13-15H,11-12H2,1H3,(H,24,27). The summed E-state index contributed by atoms with van der Waals surface area (Å²) in [7, 11) is 0. The third kappa shape index (κ3) is 4.75. The second-order valence-electron chi connectivity index (χ2n) is 6.42. The van der Waals surface area contributed by atoms with Crippen LogP contribution in [0.15, 0.2) is 78.2 Å². The molecule has 4 rings (SSSR count). The van der Waals surface area contributed by atoms with Gasteiger partial charge in [-0.05, 0) is 41.1 Å². The van der Waals surface area contributed by atoms with E-state index in [2.05, 4.69) is 39.8 Å². The topological polar surface area (TPSA) is 69.0 Å². The van der Waals surface area contributed by atoms with Crippen LogP contribution in [-0.4, -0.2) is 33.0 Å². The molecule has 0 radical (unpaired) electrons. The number of hydrogen-bond donors (Lipinski definition) is 1. The van der Waals surface area contributed by atoms with E-state index in [1.54, 1.807) is 18.1 Å². The third-order valence-corrected chi connectivity index (χ3v) is 5.17. The van der Waals surface area contributed by atoms with Gasteiger partial charge in [0.2, 0.25) is 5.91 Å². The number of hydrogen-bond acceptors (Lipinski definition) is 5. The van der Waals surface area contributed by atoms with E-state index in [4.69, 9.17) is 4.74 Å². The van der Waals surface area contributed by atoms with Gasteiger partial charge in [0.25, 0.3) is 0 Å². The van der Waals surface area contributed by atoms with Gasteiger partial charge in [0, 0.05) is 18.4 Å². The number of anilines is 1. The van der Waals surface area contributed by atoms with Crippen LogP contribution in [0, 0.1) is 0 Å². The van der Waals surface area contributed by atoms with Gasteiger partial charge in [0.1, 0.15) is 12.1 Å². The molecule has 0 aliphatic heterocycles. The monoisotopic (exact) mass is 404 g/mol. The highest BCUT2D eigenvalue weighted by molar-refractivity contribution is 7.99. The Labute approximate surface area is 172 Å². The first kappa shape index (κ1) is 19.0. The molecule has 1 aromatic heterocycles. The molecular formula is C22H20N4O2S. The highest BCUT2D eigenvalue weighted by Crippen LogP contribution is 2.23. The lowest BCUT2D eigenvalue weighted by Gasteiger charge is -2.09. The molecule has 1 amide bonds. The lowest BCUT2D eigenvalue weighted by Crippen LogP contribution is -2.06. The van der Waals surface area contributed by atoms with Gasteiger partial charge in [-0.3, -0.25) is 9.36 Å². The van der Waals surface area contributed by atoms with Crippen molar-refractivity contribution in [3.8, 4) is 11.4 Å². The molecule has 6 nitrogen and oxygen atoms in total. The number of carbonyl (C=O) groups is 1. The summed E-state index contributed by atoms with van der Waals surface area (Å²) in [6.45, 7) is 2.05. The largest absolute Gasteiger partial charge is 0.493 e. The fourth-order valence-electron chi connectivity index (χ4n) is 2.99. The second-order valence-corrected chi connectivity index (χ2v) is 7.48. The van der Waals surface area contributed by atoms with Crippen molar-refractivity contribution in [1.82, 2.24) is 14.8 Å². The minimum atomic E-state index is -0.105. The molecule has 0 fully saturated rings. The van der Waals surface area contributed by atoms with Crippen LogP contribution in [-0.2, 0) is 4.79 Å². The summed E-state index contributed by atoms with van der Waals surface area (Å²) in [6, 6.07) is 21.9. The Morgan fingerprint density at radius 1 is 1.07 bits per heavy atom. The third-order valence-electron chi connectivity index (χ3n) is 4.27. The second kappa shape index (κ2) is 8.79. The van der Waals surface area contributed by atoms with Crippen molar-refractivity contribution >= 4 is 34.1 Å². The van der Waals surface area contributed by atoms with Crippen LogP contribution >= 0.6 is 11.8 Å². The highest BCUT2D eigenvalue weighted by atomic mass is 32.2. The Kier molecular flexibility index (Phi) is 5.76. The van der Waals surface area contributed by atoms with Gasteiger partial charge in [0.15, 0.2) is 5.16 Å². The molecule has 29 heavy (non-hydrogen) atoms. The molecule has 7 heteroatoms. The number of rotatable bonds is 7. The first-order valence-electron chi connectivity index (χ1n) is 9.21. The maximum absolute atomic E-state index is 11.3.